The Balaban J connectivity index is 2.25. The van der Waals surface area contributed by atoms with Gasteiger partial charge in [-0.25, -0.2) is 0 Å². The lowest BCUT2D eigenvalue weighted by atomic mass is 10.2. The van der Waals surface area contributed by atoms with Crippen molar-refractivity contribution in [2.45, 2.75) is 32.5 Å². The van der Waals surface area contributed by atoms with E-state index in [1.54, 1.807) is 0 Å². The quantitative estimate of drug-likeness (QED) is 0.673. The van der Waals surface area contributed by atoms with Crippen LogP contribution in [0.25, 0.3) is 0 Å². The first-order valence-corrected chi connectivity index (χ1v) is 4.74. The van der Waals surface area contributed by atoms with E-state index < -0.39 is 0 Å². The zero-order valence-corrected chi connectivity index (χ0v) is 7.99. The summed E-state index contributed by atoms with van der Waals surface area (Å²) >= 11 is 0. The molecular formula is C9H19NO2. The molecule has 0 aliphatic carbocycles. The zero-order chi connectivity index (χ0) is 8.97. The third-order valence-electron chi connectivity index (χ3n) is 2.20. The van der Waals surface area contributed by atoms with Crippen LogP contribution in [0.4, 0.5) is 0 Å². The number of aliphatic hydroxyl groups excluding tert-OH is 1. The van der Waals surface area contributed by atoms with E-state index >= 15 is 0 Å². The van der Waals surface area contributed by atoms with Crippen LogP contribution in [0.5, 0.6) is 0 Å². The van der Waals surface area contributed by atoms with E-state index in [0.29, 0.717) is 6.10 Å². The standard InChI is InChI=1S/C9H19NO2/c1-3-9-7-10(4-5-12-9)6-8(2)11/h8-9,11H,3-7H2,1-2H3. The first-order valence-electron chi connectivity index (χ1n) is 4.74. The Morgan fingerprint density at radius 1 is 1.67 bits per heavy atom. The summed E-state index contributed by atoms with van der Waals surface area (Å²) in [5.41, 5.74) is 0. The number of hydrogen-bond acceptors (Lipinski definition) is 3. The van der Waals surface area contributed by atoms with Gasteiger partial charge >= 0.3 is 0 Å². The molecule has 1 heterocycles. The molecule has 1 fully saturated rings. The highest BCUT2D eigenvalue weighted by atomic mass is 16.5. The Hall–Kier alpha value is -0.120. The number of morpholine rings is 1. The van der Waals surface area contributed by atoms with Gasteiger partial charge in [-0.1, -0.05) is 6.92 Å². The monoisotopic (exact) mass is 173 g/mol. The topological polar surface area (TPSA) is 32.7 Å². The van der Waals surface area contributed by atoms with Gasteiger partial charge in [-0.05, 0) is 13.3 Å². The molecule has 3 nitrogen and oxygen atoms in total. The molecule has 0 amide bonds. The molecule has 0 radical (unpaired) electrons. The van der Waals surface area contributed by atoms with Gasteiger partial charge in [0.2, 0.25) is 0 Å². The van der Waals surface area contributed by atoms with E-state index in [0.717, 1.165) is 32.7 Å². The van der Waals surface area contributed by atoms with Gasteiger partial charge in [-0.3, -0.25) is 4.90 Å². The molecule has 12 heavy (non-hydrogen) atoms. The zero-order valence-electron chi connectivity index (χ0n) is 7.99. The lowest BCUT2D eigenvalue weighted by Crippen LogP contribution is -2.44. The second kappa shape index (κ2) is 4.80. The van der Waals surface area contributed by atoms with Gasteiger partial charge in [0.25, 0.3) is 0 Å². The third-order valence-corrected chi connectivity index (χ3v) is 2.20. The molecule has 0 aromatic rings. The predicted octanol–water partition coefficient (Wildman–Crippen LogP) is 0.478. The Kier molecular flexibility index (Phi) is 3.98. The minimum absolute atomic E-state index is 0.222. The first-order chi connectivity index (χ1) is 5.72. The average molecular weight is 173 g/mol. The maximum Gasteiger partial charge on any atom is 0.0700 e. The number of ether oxygens (including phenoxy) is 1. The van der Waals surface area contributed by atoms with Gasteiger partial charge in [-0.2, -0.15) is 0 Å². The summed E-state index contributed by atoms with van der Waals surface area (Å²) in [6.45, 7) is 7.49. The Labute approximate surface area is 74.3 Å². The maximum absolute atomic E-state index is 9.18. The van der Waals surface area contributed by atoms with Crippen molar-refractivity contribution >= 4 is 0 Å². The Morgan fingerprint density at radius 2 is 2.42 bits per heavy atom. The van der Waals surface area contributed by atoms with E-state index in [9.17, 15) is 5.11 Å². The lowest BCUT2D eigenvalue weighted by Gasteiger charge is -2.33. The molecule has 3 heteroatoms. The summed E-state index contributed by atoms with van der Waals surface area (Å²) in [6, 6.07) is 0. The van der Waals surface area contributed by atoms with Gasteiger partial charge in [-0.15, -0.1) is 0 Å². The smallest absolute Gasteiger partial charge is 0.0700 e. The van der Waals surface area contributed by atoms with E-state index in [2.05, 4.69) is 11.8 Å². The fraction of sp³-hybridized carbons (Fsp3) is 1.00. The molecule has 0 saturated carbocycles. The molecule has 1 aliphatic rings. The number of β-amino-alcohol motifs (C(OH)–C–C–N with tert-alkyl or cyclic N) is 1. The molecule has 0 bridgehead atoms. The molecule has 1 saturated heterocycles. The van der Waals surface area contributed by atoms with Crippen molar-refractivity contribution in [1.82, 2.24) is 4.90 Å². The molecular weight excluding hydrogens is 154 g/mol. The van der Waals surface area contributed by atoms with Crippen LogP contribution in [0.15, 0.2) is 0 Å². The van der Waals surface area contributed by atoms with Gasteiger partial charge in [0.1, 0.15) is 0 Å². The van der Waals surface area contributed by atoms with Crippen LogP contribution < -0.4 is 0 Å². The largest absolute Gasteiger partial charge is 0.392 e. The number of hydrogen-bond donors (Lipinski definition) is 1. The summed E-state index contributed by atoms with van der Waals surface area (Å²) in [5, 5.41) is 9.18. The summed E-state index contributed by atoms with van der Waals surface area (Å²) in [5.74, 6) is 0. The van der Waals surface area contributed by atoms with Gasteiger partial charge in [0.05, 0.1) is 18.8 Å². The average Bonchev–Trinajstić information content (AvgIpc) is 2.03. The second-order valence-corrected chi connectivity index (χ2v) is 3.51. The van der Waals surface area contributed by atoms with Gasteiger partial charge < -0.3 is 9.84 Å². The molecule has 0 aromatic carbocycles. The van der Waals surface area contributed by atoms with Crippen molar-refractivity contribution in [2.24, 2.45) is 0 Å². The first kappa shape index (κ1) is 9.96. The van der Waals surface area contributed by atoms with Crippen LogP contribution >= 0.6 is 0 Å². The minimum atomic E-state index is -0.222. The van der Waals surface area contributed by atoms with Crippen molar-refractivity contribution in [1.29, 1.82) is 0 Å². The normalized spacial score (nSPS) is 28.8. The summed E-state index contributed by atoms with van der Waals surface area (Å²) in [6.07, 6.45) is 1.22. The van der Waals surface area contributed by atoms with Crippen LogP contribution in [0.1, 0.15) is 20.3 Å². The van der Waals surface area contributed by atoms with Crippen molar-refractivity contribution < 1.29 is 9.84 Å². The highest BCUT2D eigenvalue weighted by Crippen LogP contribution is 2.08. The number of rotatable bonds is 3. The van der Waals surface area contributed by atoms with Gasteiger partial charge in [0, 0.05) is 19.6 Å². The summed E-state index contributed by atoms with van der Waals surface area (Å²) in [7, 11) is 0. The van der Waals surface area contributed by atoms with Crippen molar-refractivity contribution in [3.63, 3.8) is 0 Å². The molecule has 1 rings (SSSR count). The Morgan fingerprint density at radius 3 is 3.00 bits per heavy atom. The SMILES string of the molecule is CCC1CN(CC(C)O)CCO1. The van der Waals surface area contributed by atoms with Crippen molar-refractivity contribution in [3.05, 3.63) is 0 Å². The van der Waals surface area contributed by atoms with Crippen LogP contribution in [0, 0.1) is 0 Å². The van der Waals surface area contributed by atoms with Gasteiger partial charge in [0.15, 0.2) is 0 Å². The van der Waals surface area contributed by atoms with E-state index in [1.807, 2.05) is 6.92 Å². The van der Waals surface area contributed by atoms with E-state index in [-0.39, 0.29) is 6.10 Å². The third kappa shape index (κ3) is 3.09. The van der Waals surface area contributed by atoms with Crippen molar-refractivity contribution in [3.8, 4) is 0 Å². The van der Waals surface area contributed by atoms with Crippen LogP contribution in [0.2, 0.25) is 0 Å². The number of aliphatic hydroxyl groups is 1. The molecule has 0 spiro atoms. The van der Waals surface area contributed by atoms with Crippen molar-refractivity contribution in [2.75, 3.05) is 26.2 Å². The molecule has 72 valence electrons. The van der Waals surface area contributed by atoms with Crippen LogP contribution in [0.3, 0.4) is 0 Å². The second-order valence-electron chi connectivity index (χ2n) is 3.51. The number of nitrogens with zero attached hydrogens (tertiary/aromatic N) is 1. The summed E-state index contributed by atoms with van der Waals surface area (Å²) < 4.78 is 5.52. The molecule has 2 atom stereocenters. The van der Waals surface area contributed by atoms with E-state index in [4.69, 9.17) is 4.74 Å². The molecule has 2 unspecified atom stereocenters. The highest BCUT2D eigenvalue weighted by molar-refractivity contribution is 4.71. The highest BCUT2D eigenvalue weighted by Gasteiger charge is 2.19. The Bertz CT molecular complexity index is 128. The summed E-state index contributed by atoms with van der Waals surface area (Å²) in [4.78, 5) is 2.27. The van der Waals surface area contributed by atoms with E-state index in [1.165, 1.54) is 0 Å². The van der Waals surface area contributed by atoms with Crippen LogP contribution in [-0.2, 0) is 4.74 Å². The molecule has 1 aliphatic heterocycles. The molecule has 1 N–H and O–H groups in total. The lowest BCUT2D eigenvalue weighted by molar-refractivity contribution is -0.0398. The fourth-order valence-corrected chi connectivity index (χ4v) is 1.57. The predicted molar refractivity (Wildman–Crippen MR) is 48.2 cm³/mol. The van der Waals surface area contributed by atoms with Crippen LogP contribution in [-0.4, -0.2) is 48.5 Å². The fourth-order valence-electron chi connectivity index (χ4n) is 1.57. The maximum atomic E-state index is 9.18. The minimum Gasteiger partial charge on any atom is -0.392 e. The molecule has 0 aromatic heterocycles.